The number of unbranched alkanes of at least 4 members (excludes halogenated alkanes) is 1. The van der Waals surface area contributed by atoms with Gasteiger partial charge >= 0.3 is 5.97 Å². The van der Waals surface area contributed by atoms with Crippen molar-refractivity contribution < 1.29 is 27.8 Å². The predicted octanol–water partition coefficient (Wildman–Crippen LogP) is 3.42. The highest BCUT2D eigenvalue weighted by Crippen LogP contribution is 2.13. The van der Waals surface area contributed by atoms with Crippen LogP contribution in [0.1, 0.15) is 43.5 Å². The van der Waals surface area contributed by atoms with E-state index < -0.39 is 29.4 Å². The maximum atomic E-state index is 13.4. The average molecular weight is 371 g/mol. The fraction of sp³-hybridized carbons (Fsp3) is 0.579. The van der Waals surface area contributed by atoms with E-state index in [9.17, 15) is 18.4 Å². The van der Waals surface area contributed by atoms with Crippen LogP contribution in [0.3, 0.4) is 0 Å². The second kappa shape index (κ2) is 11.6. The van der Waals surface area contributed by atoms with Gasteiger partial charge in [0.2, 0.25) is 0 Å². The van der Waals surface area contributed by atoms with Gasteiger partial charge in [-0.05, 0) is 31.0 Å². The quantitative estimate of drug-likeness (QED) is 0.442. The number of hydrogen-bond donors (Lipinski definition) is 0. The highest BCUT2D eigenvalue weighted by atomic mass is 19.2. The minimum Gasteiger partial charge on any atom is -0.469 e. The molecule has 7 heteroatoms. The smallest absolute Gasteiger partial charge is 0.310 e. The van der Waals surface area contributed by atoms with Crippen molar-refractivity contribution in [1.82, 2.24) is 4.90 Å². The Hall–Kier alpha value is -2.02. The summed E-state index contributed by atoms with van der Waals surface area (Å²) in [5, 5.41) is 0. The molecule has 0 bridgehead atoms. The monoisotopic (exact) mass is 371 g/mol. The van der Waals surface area contributed by atoms with Gasteiger partial charge in [-0.3, -0.25) is 9.59 Å². The molecule has 1 amide bonds. The Labute approximate surface area is 153 Å². The number of carbonyl (C=O) groups is 2. The molecular weight excluding hydrogens is 344 g/mol. The minimum absolute atomic E-state index is 0.0351. The fourth-order valence-electron chi connectivity index (χ4n) is 2.40. The molecule has 0 N–H and O–H groups in total. The van der Waals surface area contributed by atoms with Crippen LogP contribution in [-0.2, 0) is 14.3 Å². The summed E-state index contributed by atoms with van der Waals surface area (Å²) < 4.78 is 36.7. The van der Waals surface area contributed by atoms with E-state index >= 15 is 0 Å². The van der Waals surface area contributed by atoms with Crippen molar-refractivity contribution in [2.45, 2.75) is 33.1 Å². The number of nitrogens with zero attached hydrogens (tertiary/aromatic N) is 1. The molecule has 1 atom stereocenters. The summed E-state index contributed by atoms with van der Waals surface area (Å²) in [6.45, 7) is 5.32. The van der Waals surface area contributed by atoms with E-state index in [0.29, 0.717) is 26.2 Å². The number of amides is 1. The summed E-state index contributed by atoms with van der Waals surface area (Å²) >= 11 is 0. The Balaban J connectivity index is 2.76. The Morgan fingerprint density at radius 2 is 1.85 bits per heavy atom. The van der Waals surface area contributed by atoms with E-state index in [4.69, 9.17) is 9.47 Å². The maximum absolute atomic E-state index is 13.4. The molecule has 0 radical (unpaired) electrons. The molecule has 1 unspecified atom stereocenters. The molecule has 1 aromatic rings. The SMILES string of the molecule is CCCCOCCCN(CC(C)C(=O)OC)C(=O)c1ccc(F)c(F)c1. The molecule has 0 aliphatic heterocycles. The van der Waals surface area contributed by atoms with Gasteiger partial charge in [-0.2, -0.15) is 0 Å². The van der Waals surface area contributed by atoms with Crippen LogP contribution < -0.4 is 0 Å². The van der Waals surface area contributed by atoms with Crippen LogP contribution in [0.2, 0.25) is 0 Å². The van der Waals surface area contributed by atoms with Gasteiger partial charge in [0.15, 0.2) is 11.6 Å². The number of methoxy groups -OCH3 is 1. The Bertz CT molecular complexity index is 595. The van der Waals surface area contributed by atoms with E-state index in [1.807, 2.05) is 0 Å². The number of carbonyl (C=O) groups excluding carboxylic acids is 2. The topological polar surface area (TPSA) is 55.8 Å². The summed E-state index contributed by atoms with van der Waals surface area (Å²) in [4.78, 5) is 25.8. The van der Waals surface area contributed by atoms with Crippen molar-refractivity contribution in [3.8, 4) is 0 Å². The molecule has 0 spiro atoms. The van der Waals surface area contributed by atoms with E-state index in [1.54, 1.807) is 6.92 Å². The number of halogens is 2. The number of rotatable bonds is 11. The lowest BCUT2D eigenvalue weighted by Gasteiger charge is -2.25. The first-order chi connectivity index (χ1) is 12.4. The zero-order chi connectivity index (χ0) is 19.5. The summed E-state index contributed by atoms with van der Waals surface area (Å²) in [7, 11) is 1.28. The molecule has 146 valence electrons. The lowest BCUT2D eigenvalue weighted by Crippen LogP contribution is -2.38. The van der Waals surface area contributed by atoms with Crippen LogP contribution in [0.4, 0.5) is 8.78 Å². The van der Waals surface area contributed by atoms with Gasteiger partial charge < -0.3 is 14.4 Å². The lowest BCUT2D eigenvalue weighted by atomic mass is 10.1. The van der Waals surface area contributed by atoms with Crippen LogP contribution in [0.5, 0.6) is 0 Å². The molecular formula is C19H27F2NO4. The highest BCUT2D eigenvalue weighted by Gasteiger charge is 2.23. The zero-order valence-corrected chi connectivity index (χ0v) is 15.6. The molecule has 1 aromatic carbocycles. The zero-order valence-electron chi connectivity index (χ0n) is 15.6. The number of esters is 1. The van der Waals surface area contributed by atoms with Crippen molar-refractivity contribution in [3.05, 3.63) is 35.4 Å². The van der Waals surface area contributed by atoms with Crippen LogP contribution in [0.15, 0.2) is 18.2 Å². The van der Waals surface area contributed by atoms with E-state index in [-0.39, 0.29) is 12.1 Å². The molecule has 26 heavy (non-hydrogen) atoms. The predicted molar refractivity (Wildman–Crippen MR) is 93.8 cm³/mol. The highest BCUT2D eigenvalue weighted by molar-refractivity contribution is 5.94. The van der Waals surface area contributed by atoms with E-state index in [2.05, 4.69) is 6.92 Å². The summed E-state index contributed by atoms with van der Waals surface area (Å²) in [5.41, 5.74) is 0.0351. The first kappa shape index (κ1) is 22.0. The van der Waals surface area contributed by atoms with Gasteiger partial charge in [0.25, 0.3) is 5.91 Å². The molecule has 1 rings (SSSR count). The van der Waals surface area contributed by atoms with Gasteiger partial charge in [-0.15, -0.1) is 0 Å². The third-order valence-electron chi connectivity index (χ3n) is 3.91. The summed E-state index contributed by atoms with van der Waals surface area (Å²) in [6, 6.07) is 3.01. The van der Waals surface area contributed by atoms with Crippen LogP contribution in [-0.4, -0.2) is 50.2 Å². The molecule has 0 heterocycles. The van der Waals surface area contributed by atoms with Crippen LogP contribution in [0, 0.1) is 17.6 Å². The molecule has 0 fully saturated rings. The summed E-state index contributed by atoms with van der Waals surface area (Å²) in [6.07, 6.45) is 2.58. The van der Waals surface area contributed by atoms with Crippen molar-refractivity contribution in [1.29, 1.82) is 0 Å². The van der Waals surface area contributed by atoms with Gasteiger partial charge in [0.1, 0.15) is 0 Å². The Kier molecular flexibility index (Phi) is 9.80. The first-order valence-electron chi connectivity index (χ1n) is 8.80. The number of hydrogen-bond acceptors (Lipinski definition) is 4. The van der Waals surface area contributed by atoms with Crippen molar-refractivity contribution in [2.75, 3.05) is 33.4 Å². The van der Waals surface area contributed by atoms with Gasteiger partial charge in [-0.25, -0.2) is 8.78 Å². The third-order valence-corrected chi connectivity index (χ3v) is 3.91. The lowest BCUT2D eigenvalue weighted by molar-refractivity contribution is -0.145. The van der Waals surface area contributed by atoms with Crippen LogP contribution in [0.25, 0.3) is 0 Å². The van der Waals surface area contributed by atoms with E-state index in [0.717, 1.165) is 25.0 Å². The molecule has 5 nitrogen and oxygen atoms in total. The molecule has 0 saturated carbocycles. The number of benzene rings is 1. The number of ether oxygens (including phenoxy) is 2. The average Bonchev–Trinajstić information content (AvgIpc) is 2.64. The standard InChI is InChI=1S/C19H27F2NO4/c1-4-5-10-26-11-6-9-22(13-14(2)19(24)25-3)18(23)15-7-8-16(20)17(21)12-15/h7-8,12,14H,4-6,9-11,13H2,1-3H3. The van der Waals surface area contributed by atoms with E-state index in [1.165, 1.54) is 18.1 Å². The minimum atomic E-state index is -1.08. The van der Waals surface area contributed by atoms with Gasteiger partial charge in [0, 0.05) is 31.9 Å². The Morgan fingerprint density at radius 1 is 1.15 bits per heavy atom. The molecule has 0 aliphatic rings. The largest absolute Gasteiger partial charge is 0.469 e. The fourth-order valence-corrected chi connectivity index (χ4v) is 2.40. The van der Waals surface area contributed by atoms with Crippen molar-refractivity contribution in [2.24, 2.45) is 5.92 Å². The third kappa shape index (κ3) is 7.07. The first-order valence-corrected chi connectivity index (χ1v) is 8.80. The summed E-state index contributed by atoms with van der Waals surface area (Å²) in [5.74, 6) is -3.53. The maximum Gasteiger partial charge on any atom is 0.310 e. The second-order valence-electron chi connectivity index (χ2n) is 6.12. The second-order valence-corrected chi connectivity index (χ2v) is 6.12. The van der Waals surface area contributed by atoms with Crippen molar-refractivity contribution in [3.63, 3.8) is 0 Å². The van der Waals surface area contributed by atoms with Crippen LogP contribution >= 0.6 is 0 Å². The van der Waals surface area contributed by atoms with Gasteiger partial charge in [-0.1, -0.05) is 20.3 Å². The normalized spacial score (nSPS) is 11.9. The van der Waals surface area contributed by atoms with Crippen molar-refractivity contribution >= 4 is 11.9 Å². The Morgan fingerprint density at radius 3 is 2.46 bits per heavy atom. The molecule has 0 aliphatic carbocycles. The van der Waals surface area contributed by atoms with Gasteiger partial charge in [0.05, 0.1) is 13.0 Å². The molecule has 0 saturated heterocycles. The molecule has 0 aromatic heterocycles.